The Morgan fingerprint density at radius 2 is 0.806 bits per heavy atom. The molecule has 4 nitrogen and oxygen atoms in total. The number of hydrogen-bond acceptors (Lipinski definition) is 3. The van der Waals surface area contributed by atoms with E-state index in [0.29, 0.717) is 6.42 Å². The van der Waals surface area contributed by atoms with Crippen molar-refractivity contribution in [2.24, 2.45) is 0 Å². The number of hydrogen-bond donors (Lipinski definition) is 1. The van der Waals surface area contributed by atoms with E-state index in [1.54, 1.807) is 13.8 Å². The van der Waals surface area contributed by atoms with Crippen LogP contribution in [0, 0.1) is 0 Å². The average Bonchev–Trinajstić information content (AvgIpc) is 2.67. The molecule has 0 spiro atoms. The highest BCUT2D eigenvalue weighted by molar-refractivity contribution is 7.80. The van der Waals surface area contributed by atoms with Gasteiger partial charge in [0.15, 0.2) is 0 Å². The van der Waals surface area contributed by atoms with Crippen molar-refractivity contribution in [2.75, 3.05) is 0 Å². The molecule has 0 saturated heterocycles. The Balaban J connectivity index is 3.20. The maximum atomic E-state index is 10.8. The van der Waals surface area contributed by atoms with E-state index in [4.69, 9.17) is 8.74 Å². The van der Waals surface area contributed by atoms with E-state index in [2.05, 4.69) is 6.92 Å². The lowest BCUT2D eigenvalue weighted by molar-refractivity contribution is 0.0876. The zero-order valence-corrected chi connectivity index (χ0v) is 22.0. The van der Waals surface area contributed by atoms with Crippen LogP contribution >= 0.6 is 0 Å². The van der Waals surface area contributed by atoms with Crippen LogP contribution in [-0.4, -0.2) is 18.6 Å². The summed E-state index contributed by atoms with van der Waals surface area (Å²) >= 11 is 0. The van der Waals surface area contributed by atoms with Crippen LogP contribution in [0.15, 0.2) is 0 Å². The Morgan fingerprint density at radius 3 is 1.06 bits per heavy atom. The van der Waals surface area contributed by atoms with Crippen LogP contribution in [0.25, 0.3) is 0 Å². The van der Waals surface area contributed by atoms with Gasteiger partial charge in [-0.15, -0.1) is 0 Å². The maximum absolute atomic E-state index is 10.8. The fourth-order valence-corrected chi connectivity index (χ4v) is 4.96. The predicted molar refractivity (Wildman–Crippen MR) is 134 cm³/mol. The fraction of sp³-hybridized carbons (Fsp3) is 1.00. The van der Waals surface area contributed by atoms with Crippen molar-refractivity contribution in [3.63, 3.8) is 0 Å². The smallest absolute Gasteiger partial charge is 0.264 e. The van der Waals surface area contributed by atoms with Crippen LogP contribution in [0.4, 0.5) is 0 Å². The van der Waals surface area contributed by atoms with Gasteiger partial charge in [-0.25, -0.2) is 4.18 Å². The van der Waals surface area contributed by atoms with E-state index in [9.17, 15) is 8.42 Å². The molecule has 0 aromatic heterocycles. The van der Waals surface area contributed by atoms with Crippen molar-refractivity contribution in [3.8, 4) is 0 Å². The molecule has 188 valence electrons. The van der Waals surface area contributed by atoms with E-state index in [0.717, 1.165) is 12.8 Å². The molecule has 5 heteroatoms. The standard InChI is InChI=1S/C26H54O4S/c1-4-5-6-7-8-9-10-11-12-13-14-15-16-17-18-19-20-21-22-23-24-25-26(2,3)30-31(27,28)29/h4-25H2,1-3H3,(H,27,28,29). The lowest BCUT2D eigenvalue weighted by Crippen LogP contribution is -2.27. The summed E-state index contributed by atoms with van der Waals surface area (Å²) in [6, 6.07) is 0. The molecule has 0 heterocycles. The van der Waals surface area contributed by atoms with Gasteiger partial charge in [0.25, 0.3) is 0 Å². The average molecular weight is 463 g/mol. The summed E-state index contributed by atoms with van der Waals surface area (Å²) in [5.74, 6) is 0. The molecule has 31 heavy (non-hydrogen) atoms. The van der Waals surface area contributed by atoms with Crippen LogP contribution in [0.3, 0.4) is 0 Å². The highest BCUT2D eigenvalue weighted by Crippen LogP contribution is 2.21. The summed E-state index contributed by atoms with van der Waals surface area (Å²) in [6.07, 6.45) is 29.1. The van der Waals surface area contributed by atoms with Crippen molar-refractivity contribution < 1.29 is 17.2 Å². The first-order valence-electron chi connectivity index (χ1n) is 13.4. The third-order valence-electron chi connectivity index (χ3n) is 6.21. The van der Waals surface area contributed by atoms with Crippen LogP contribution < -0.4 is 0 Å². The molecule has 0 aliphatic heterocycles. The van der Waals surface area contributed by atoms with Crippen LogP contribution in [0.1, 0.15) is 162 Å². The predicted octanol–water partition coefficient (Wildman–Crippen LogP) is 9.19. The van der Waals surface area contributed by atoms with Gasteiger partial charge in [-0.3, -0.25) is 4.55 Å². The van der Waals surface area contributed by atoms with Gasteiger partial charge in [0, 0.05) is 0 Å². The second-order valence-corrected chi connectivity index (χ2v) is 11.1. The van der Waals surface area contributed by atoms with E-state index >= 15 is 0 Å². The molecule has 1 N–H and O–H groups in total. The van der Waals surface area contributed by atoms with Gasteiger partial charge in [0.2, 0.25) is 0 Å². The molecule has 0 unspecified atom stereocenters. The third-order valence-corrected chi connectivity index (χ3v) is 6.88. The summed E-state index contributed by atoms with van der Waals surface area (Å²) in [5.41, 5.74) is -0.818. The Morgan fingerprint density at radius 1 is 0.548 bits per heavy atom. The van der Waals surface area contributed by atoms with Gasteiger partial charge in [-0.1, -0.05) is 142 Å². The Kier molecular flexibility index (Phi) is 20.4. The summed E-state index contributed by atoms with van der Waals surface area (Å²) in [6.45, 7) is 5.69. The molecule has 0 bridgehead atoms. The first-order chi connectivity index (χ1) is 14.8. The Hall–Kier alpha value is -0.130. The van der Waals surface area contributed by atoms with Crippen molar-refractivity contribution in [1.29, 1.82) is 0 Å². The lowest BCUT2D eigenvalue weighted by Gasteiger charge is -2.22. The summed E-state index contributed by atoms with van der Waals surface area (Å²) < 4.78 is 35.1. The van der Waals surface area contributed by atoms with Gasteiger partial charge in [-0.2, -0.15) is 8.42 Å². The first kappa shape index (κ1) is 30.9. The van der Waals surface area contributed by atoms with Gasteiger partial charge in [-0.05, 0) is 20.3 Å². The normalized spacial score (nSPS) is 12.5. The minimum atomic E-state index is -4.36. The second kappa shape index (κ2) is 20.5. The maximum Gasteiger partial charge on any atom is 0.397 e. The van der Waals surface area contributed by atoms with Crippen molar-refractivity contribution in [3.05, 3.63) is 0 Å². The number of rotatable bonds is 24. The minimum absolute atomic E-state index is 0.645. The highest BCUT2D eigenvalue weighted by Gasteiger charge is 2.24. The van der Waals surface area contributed by atoms with E-state index in [-0.39, 0.29) is 0 Å². The molecular formula is C26H54O4S. The molecule has 0 amide bonds. The van der Waals surface area contributed by atoms with E-state index in [1.807, 2.05) is 0 Å². The van der Waals surface area contributed by atoms with Crippen LogP contribution in [-0.2, 0) is 14.6 Å². The molecule has 0 aliphatic carbocycles. The molecule has 0 rings (SSSR count). The first-order valence-corrected chi connectivity index (χ1v) is 14.8. The SMILES string of the molecule is CCCCCCCCCCCCCCCCCCCCCCCC(C)(C)OS(=O)(=O)O. The summed E-state index contributed by atoms with van der Waals surface area (Å²) in [5, 5.41) is 0. The molecule has 0 atom stereocenters. The fourth-order valence-electron chi connectivity index (χ4n) is 4.31. The van der Waals surface area contributed by atoms with Crippen molar-refractivity contribution >= 4 is 10.4 Å². The quantitative estimate of drug-likeness (QED) is 0.115. The largest absolute Gasteiger partial charge is 0.397 e. The van der Waals surface area contributed by atoms with E-state index < -0.39 is 16.0 Å². The molecule has 0 aliphatic rings. The molecule has 0 radical (unpaired) electrons. The minimum Gasteiger partial charge on any atom is -0.264 e. The Labute approximate surface area is 195 Å². The Bertz CT molecular complexity index is 474. The van der Waals surface area contributed by atoms with Gasteiger partial charge >= 0.3 is 10.4 Å². The van der Waals surface area contributed by atoms with Crippen LogP contribution in [0.2, 0.25) is 0 Å². The zero-order chi connectivity index (χ0) is 23.3. The third kappa shape index (κ3) is 26.0. The summed E-state index contributed by atoms with van der Waals surface area (Å²) in [7, 11) is -4.36. The highest BCUT2D eigenvalue weighted by atomic mass is 32.3. The second-order valence-electron chi connectivity index (χ2n) is 10.1. The lowest BCUT2D eigenvalue weighted by atomic mass is 9.99. The van der Waals surface area contributed by atoms with Gasteiger partial charge in [0.05, 0.1) is 5.60 Å². The molecule has 0 saturated carbocycles. The van der Waals surface area contributed by atoms with Gasteiger partial charge in [0.1, 0.15) is 0 Å². The monoisotopic (exact) mass is 462 g/mol. The van der Waals surface area contributed by atoms with E-state index in [1.165, 1.54) is 122 Å². The van der Waals surface area contributed by atoms with Gasteiger partial charge < -0.3 is 0 Å². The van der Waals surface area contributed by atoms with Crippen molar-refractivity contribution in [1.82, 2.24) is 0 Å². The molecular weight excluding hydrogens is 408 g/mol. The molecule has 0 aromatic carbocycles. The summed E-state index contributed by atoms with van der Waals surface area (Å²) in [4.78, 5) is 0. The molecule has 0 aromatic rings. The zero-order valence-electron chi connectivity index (χ0n) is 21.1. The molecule has 0 fully saturated rings. The van der Waals surface area contributed by atoms with Crippen molar-refractivity contribution in [2.45, 2.75) is 168 Å². The topological polar surface area (TPSA) is 63.6 Å². The van der Waals surface area contributed by atoms with Crippen LogP contribution in [0.5, 0.6) is 0 Å². The number of unbranched alkanes of at least 4 members (excludes halogenated alkanes) is 20.